The number of carbonyl (C=O) groups is 3. The largest absolute Gasteiger partial charge is 0.483 e. The molecule has 1 unspecified atom stereocenters. The number of rotatable bonds is 5. The van der Waals surface area contributed by atoms with Gasteiger partial charge in [0, 0.05) is 48.9 Å². The van der Waals surface area contributed by atoms with Gasteiger partial charge in [-0.15, -0.1) is 0 Å². The molecule has 1 atom stereocenters. The number of aryl methyl sites for hydroxylation is 1. The Hall–Kier alpha value is -3.06. The van der Waals surface area contributed by atoms with E-state index in [9.17, 15) is 14.4 Å². The van der Waals surface area contributed by atoms with Crippen molar-refractivity contribution in [2.75, 3.05) is 31.1 Å². The van der Waals surface area contributed by atoms with Crippen molar-refractivity contribution in [2.45, 2.75) is 19.9 Å². The molecule has 8 heteroatoms. The van der Waals surface area contributed by atoms with Crippen LogP contribution in [0.2, 0.25) is 5.02 Å². The van der Waals surface area contributed by atoms with Crippen LogP contribution in [-0.4, -0.2) is 48.9 Å². The third-order valence-corrected chi connectivity index (χ3v) is 5.91. The van der Waals surface area contributed by atoms with Gasteiger partial charge >= 0.3 is 0 Å². The van der Waals surface area contributed by atoms with Crippen LogP contribution in [0.3, 0.4) is 0 Å². The number of carbonyl (C=O) groups excluding carboxylic acids is 3. The van der Waals surface area contributed by atoms with Crippen molar-refractivity contribution in [3.8, 4) is 5.75 Å². The van der Waals surface area contributed by atoms with Gasteiger partial charge in [0.05, 0.1) is 5.92 Å². The second kappa shape index (κ2) is 8.98. The van der Waals surface area contributed by atoms with Gasteiger partial charge in [-0.3, -0.25) is 14.4 Å². The molecule has 2 aliphatic rings. The van der Waals surface area contributed by atoms with Crippen LogP contribution >= 0.6 is 11.6 Å². The summed E-state index contributed by atoms with van der Waals surface area (Å²) in [5.41, 5.74) is 2.61. The Kier molecular flexibility index (Phi) is 6.13. The molecule has 2 aliphatic heterocycles. The van der Waals surface area contributed by atoms with E-state index in [1.165, 1.54) is 0 Å². The minimum absolute atomic E-state index is 0.0178. The van der Waals surface area contributed by atoms with Gasteiger partial charge in [-0.25, -0.2) is 0 Å². The molecule has 1 saturated heterocycles. The van der Waals surface area contributed by atoms with E-state index >= 15 is 0 Å². The second-order valence-corrected chi connectivity index (χ2v) is 8.28. The lowest BCUT2D eigenvalue weighted by Crippen LogP contribution is -2.41. The van der Waals surface area contributed by atoms with Crippen molar-refractivity contribution < 1.29 is 19.1 Å². The number of hydrogen-bond acceptors (Lipinski definition) is 4. The first-order valence-corrected chi connectivity index (χ1v) is 10.6. The molecular formula is C23H24ClN3O4. The van der Waals surface area contributed by atoms with Gasteiger partial charge in [0.15, 0.2) is 6.61 Å². The van der Waals surface area contributed by atoms with Gasteiger partial charge in [-0.2, -0.15) is 0 Å². The number of amides is 3. The summed E-state index contributed by atoms with van der Waals surface area (Å²) in [5.74, 6) is -0.126. The Bertz CT molecular complexity index is 1030. The fourth-order valence-corrected chi connectivity index (χ4v) is 4.12. The van der Waals surface area contributed by atoms with E-state index in [1.54, 1.807) is 21.9 Å². The fraction of sp³-hybridized carbons (Fsp3) is 0.348. The van der Waals surface area contributed by atoms with Crippen molar-refractivity contribution in [3.05, 3.63) is 58.6 Å². The summed E-state index contributed by atoms with van der Waals surface area (Å²) in [6.07, 6.45) is 0.154. The highest BCUT2D eigenvalue weighted by atomic mass is 35.5. The minimum atomic E-state index is -0.435. The third kappa shape index (κ3) is 4.66. The van der Waals surface area contributed by atoms with Crippen molar-refractivity contribution >= 4 is 35.0 Å². The number of benzene rings is 2. The summed E-state index contributed by atoms with van der Waals surface area (Å²) in [6, 6.07) is 12.9. The number of anilines is 1. The monoisotopic (exact) mass is 441 g/mol. The van der Waals surface area contributed by atoms with Crippen LogP contribution in [0, 0.1) is 12.8 Å². The zero-order valence-corrected chi connectivity index (χ0v) is 18.0. The predicted molar refractivity (Wildman–Crippen MR) is 117 cm³/mol. The molecule has 0 aliphatic carbocycles. The lowest BCUT2D eigenvalue weighted by Gasteiger charge is -2.21. The van der Waals surface area contributed by atoms with E-state index in [1.807, 2.05) is 37.3 Å². The van der Waals surface area contributed by atoms with Crippen LogP contribution in [0.4, 0.5) is 5.69 Å². The van der Waals surface area contributed by atoms with Crippen LogP contribution in [0.25, 0.3) is 0 Å². The standard InChI is InChI=1S/C23H24ClN3O4/c1-15-6-7-18(24)11-19(15)27-13-17(10-21(27)28)23(30)25-8-9-26-12-16-4-2-3-5-20(16)31-14-22(26)29/h2-7,11,17H,8-10,12-14H2,1H3,(H,25,30). The van der Waals surface area contributed by atoms with Gasteiger partial charge < -0.3 is 19.9 Å². The predicted octanol–water partition coefficient (Wildman–Crippen LogP) is 2.54. The molecule has 0 radical (unpaired) electrons. The van der Waals surface area contributed by atoms with E-state index in [4.69, 9.17) is 16.3 Å². The van der Waals surface area contributed by atoms with Crippen LogP contribution in [0.5, 0.6) is 5.75 Å². The summed E-state index contributed by atoms with van der Waals surface area (Å²) in [4.78, 5) is 40.8. The normalized spacial score (nSPS) is 18.5. The number of halogens is 1. The lowest BCUT2D eigenvalue weighted by atomic mass is 10.1. The van der Waals surface area contributed by atoms with Crippen molar-refractivity contribution in [3.63, 3.8) is 0 Å². The molecule has 162 valence electrons. The second-order valence-electron chi connectivity index (χ2n) is 7.84. The first-order chi connectivity index (χ1) is 14.9. The Labute approximate surface area is 185 Å². The maximum absolute atomic E-state index is 12.7. The summed E-state index contributed by atoms with van der Waals surface area (Å²) >= 11 is 6.08. The Morgan fingerprint density at radius 1 is 1.19 bits per heavy atom. The molecule has 1 N–H and O–H groups in total. The molecule has 2 aromatic carbocycles. The summed E-state index contributed by atoms with van der Waals surface area (Å²) < 4.78 is 5.55. The molecule has 31 heavy (non-hydrogen) atoms. The molecule has 3 amide bonds. The number of nitrogens with one attached hydrogen (secondary N) is 1. The van der Waals surface area contributed by atoms with Crippen LogP contribution in [0.1, 0.15) is 17.5 Å². The highest BCUT2D eigenvalue weighted by Crippen LogP contribution is 2.30. The average Bonchev–Trinajstić information content (AvgIpc) is 3.07. The van der Waals surface area contributed by atoms with Crippen LogP contribution < -0.4 is 15.0 Å². The number of para-hydroxylation sites is 1. The van der Waals surface area contributed by atoms with E-state index in [0.717, 1.165) is 16.8 Å². The van der Waals surface area contributed by atoms with Gasteiger partial charge in [0.2, 0.25) is 11.8 Å². The molecule has 4 rings (SSSR count). The zero-order chi connectivity index (χ0) is 22.0. The van der Waals surface area contributed by atoms with Crippen LogP contribution in [0.15, 0.2) is 42.5 Å². The summed E-state index contributed by atoms with van der Waals surface area (Å²) in [5, 5.41) is 3.43. The Morgan fingerprint density at radius 3 is 2.84 bits per heavy atom. The first kappa shape index (κ1) is 21.2. The molecule has 0 bridgehead atoms. The minimum Gasteiger partial charge on any atom is -0.483 e. The molecular weight excluding hydrogens is 418 g/mol. The third-order valence-electron chi connectivity index (χ3n) is 5.68. The summed E-state index contributed by atoms with van der Waals surface area (Å²) in [7, 11) is 0. The van der Waals surface area contributed by atoms with Gasteiger partial charge in [0.25, 0.3) is 5.91 Å². The van der Waals surface area contributed by atoms with Crippen molar-refractivity contribution in [1.29, 1.82) is 0 Å². The van der Waals surface area contributed by atoms with Gasteiger partial charge in [-0.1, -0.05) is 35.9 Å². The zero-order valence-electron chi connectivity index (χ0n) is 17.3. The Balaban J connectivity index is 1.33. The topological polar surface area (TPSA) is 79.0 Å². The van der Waals surface area contributed by atoms with Crippen LogP contribution in [-0.2, 0) is 20.9 Å². The Morgan fingerprint density at radius 2 is 2.00 bits per heavy atom. The molecule has 0 spiro atoms. The lowest BCUT2D eigenvalue weighted by molar-refractivity contribution is -0.133. The first-order valence-electron chi connectivity index (χ1n) is 10.2. The SMILES string of the molecule is Cc1ccc(Cl)cc1N1CC(C(=O)NCCN2Cc3ccccc3OCC2=O)CC1=O. The maximum atomic E-state index is 12.7. The number of hydrogen-bond donors (Lipinski definition) is 1. The number of fused-ring (bicyclic) bond motifs is 1. The van der Waals surface area contributed by atoms with Gasteiger partial charge in [0.1, 0.15) is 5.75 Å². The molecule has 7 nitrogen and oxygen atoms in total. The molecule has 0 aromatic heterocycles. The van der Waals surface area contributed by atoms with Crippen molar-refractivity contribution in [2.24, 2.45) is 5.92 Å². The quantitative estimate of drug-likeness (QED) is 0.773. The van der Waals surface area contributed by atoms with Crippen molar-refractivity contribution in [1.82, 2.24) is 10.2 Å². The highest BCUT2D eigenvalue weighted by Gasteiger charge is 2.35. The maximum Gasteiger partial charge on any atom is 0.260 e. The highest BCUT2D eigenvalue weighted by molar-refractivity contribution is 6.31. The molecule has 2 heterocycles. The van der Waals surface area contributed by atoms with Gasteiger partial charge in [-0.05, 0) is 30.7 Å². The van der Waals surface area contributed by atoms with E-state index in [2.05, 4.69) is 5.32 Å². The molecule has 2 aromatic rings. The average molecular weight is 442 g/mol. The van der Waals surface area contributed by atoms with E-state index in [0.29, 0.717) is 37.0 Å². The summed E-state index contributed by atoms with van der Waals surface area (Å²) in [6.45, 7) is 3.33. The van der Waals surface area contributed by atoms with E-state index in [-0.39, 0.29) is 30.7 Å². The molecule has 1 fully saturated rings. The number of nitrogens with zero attached hydrogens (tertiary/aromatic N) is 2. The molecule has 0 saturated carbocycles. The van der Waals surface area contributed by atoms with E-state index < -0.39 is 5.92 Å². The fourth-order valence-electron chi connectivity index (χ4n) is 3.95. The smallest absolute Gasteiger partial charge is 0.260 e. The number of ether oxygens (including phenoxy) is 1.